The van der Waals surface area contributed by atoms with Gasteiger partial charge in [0.15, 0.2) is 0 Å². The van der Waals surface area contributed by atoms with Crippen LogP contribution in [-0.2, 0) is 46.2 Å². The van der Waals surface area contributed by atoms with Crippen LogP contribution < -0.4 is 0 Å². The summed E-state index contributed by atoms with van der Waals surface area (Å²) in [6, 6.07) is 36.7. The van der Waals surface area contributed by atoms with E-state index in [0.717, 1.165) is 12.8 Å². The van der Waals surface area contributed by atoms with Crippen molar-refractivity contribution in [2.45, 2.75) is 40.9 Å². The van der Waals surface area contributed by atoms with Gasteiger partial charge >= 0.3 is 17.1 Å². The van der Waals surface area contributed by atoms with Gasteiger partial charge in [-0.3, -0.25) is 0 Å². The maximum absolute atomic E-state index is 2.65. The third kappa shape index (κ3) is 2.45. The van der Waals surface area contributed by atoms with E-state index in [2.05, 4.69) is 91.0 Å². The second kappa shape index (κ2) is 9.80. The van der Waals surface area contributed by atoms with Crippen LogP contribution in [-0.4, -0.2) is 0 Å². The molecular formula is C85H26Fe+2. The van der Waals surface area contributed by atoms with E-state index in [1.807, 2.05) is 32.1 Å². The predicted molar refractivity (Wildman–Crippen MR) is 347 cm³/mol. The Labute approximate surface area is 495 Å². The summed E-state index contributed by atoms with van der Waals surface area (Å²) >= 11 is 0. The third-order valence-electron chi connectivity index (χ3n) is 28.8. The molecule has 0 aliphatic heterocycles. The van der Waals surface area contributed by atoms with Crippen molar-refractivity contribution in [3.05, 3.63) is 225 Å². The van der Waals surface area contributed by atoms with Gasteiger partial charge in [-0.25, -0.2) is 0 Å². The van der Waals surface area contributed by atoms with Crippen LogP contribution in [0.2, 0.25) is 0 Å². The van der Waals surface area contributed by atoms with Crippen molar-refractivity contribution in [1.82, 2.24) is 0 Å². The van der Waals surface area contributed by atoms with Crippen molar-refractivity contribution < 1.29 is 17.1 Å². The second-order valence-corrected chi connectivity index (χ2v) is 29.9. The van der Waals surface area contributed by atoms with Gasteiger partial charge in [0.05, 0.1) is 5.41 Å². The Kier molecular flexibility index (Phi) is 4.33. The van der Waals surface area contributed by atoms with Crippen LogP contribution in [0, 0.1) is 61.7 Å². The number of hydrogen-bond donors (Lipinski definition) is 0. The summed E-state index contributed by atoms with van der Waals surface area (Å²) in [6.45, 7) is 0. The molecule has 0 unspecified atom stereocenters. The van der Waals surface area contributed by atoms with Crippen LogP contribution in [0.1, 0.15) is 84.2 Å². The maximum Gasteiger partial charge on any atom is 2.00 e. The molecule has 0 N–H and O–H groups in total. The molecule has 0 aromatic heterocycles. The van der Waals surface area contributed by atoms with Crippen LogP contribution in [0.3, 0.4) is 0 Å². The molecular weight excluding hydrogens is 1080 g/mol. The maximum atomic E-state index is 2.65. The van der Waals surface area contributed by atoms with E-state index in [4.69, 9.17) is 0 Å². The topological polar surface area (TPSA) is 0 Å². The van der Waals surface area contributed by atoms with Gasteiger partial charge in [-0.15, -0.1) is 0 Å². The molecule has 12 aliphatic rings. The summed E-state index contributed by atoms with van der Waals surface area (Å²) in [5.74, 6) is 9.42. The molecule has 0 saturated heterocycles. The average molecular weight is 1100 g/mol. The smallest absolute Gasteiger partial charge is 0.0622 e. The minimum absolute atomic E-state index is 0. The number of benzene rings is 18. The molecule has 24 aromatic carbocycles. The summed E-state index contributed by atoms with van der Waals surface area (Å²) < 4.78 is 0. The third-order valence-corrected chi connectivity index (χ3v) is 28.8. The second-order valence-electron chi connectivity index (χ2n) is 29.9. The van der Waals surface area contributed by atoms with Gasteiger partial charge < -0.3 is 0 Å². The van der Waals surface area contributed by atoms with E-state index in [9.17, 15) is 0 Å². The summed E-state index contributed by atoms with van der Waals surface area (Å²) in [5.41, 5.74) is 20.9. The van der Waals surface area contributed by atoms with E-state index in [1.54, 1.807) is 301 Å². The molecule has 0 bridgehead atoms. The monoisotopic (exact) mass is 1100 g/mol. The molecule has 0 spiro atoms. The Bertz CT molecular complexity index is 7540. The van der Waals surface area contributed by atoms with Crippen molar-refractivity contribution in [3.8, 4) is 0 Å². The zero-order valence-corrected chi connectivity index (χ0v) is 46.1. The van der Waals surface area contributed by atoms with Gasteiger partial charge in [0, 0.05) is 52.3 Å². The minimum atomic E-state index is -0.455. The molecule has 0 nitrogen and oxygen atoms in total. The Balaban J connectivity index is 0.000000656. The number of hydrogen-bond acceptors (Lipinski definition) is 0. The fraction of sp³-hybridized carbons (Fsp3) is 0.0824. The summed E-state index contributed by atoms with van der Waals surface area (Å²) in [4.78, 5) is 0. The van der Waals surface area contributed by atoms with E-state index >= 15 is 0 Å². The zero-order valence-electron chi connectivity index (χ0n) is 45.0. The van der Waals surface area contributed by atoms with E-state index in [0.29, 0.717) is 0 Å². The molecule has 10 radical (unpaired) electrons. The predicted octanol–water partition coefficient (Wildman–Crippen LogP) is 19.8. The Morgan fingerprint density at radius 2 is 0.512 bits per heavy atom. The van der Waals surface area contributed by atoms with Crippen LogP contribution >= 0.6 is 0 Å². The summed E-state index contributed by atoms with van der Waals surface area (Å²) in [7, 11) is 0. The summed E-state index contributed by atoms with van der Waals surface area (Å²) in [5, 5.41) is 67.1. The van der Waals surface area contributed by atoms with Crippen LogP contribution in [0.4, 0.5) is 0 Å². The van der Waals surface area contributed by atoms with E-state index in [1.165, 1.54) is 16.7 Å². The molecule has 2 fully saturated rings. The quantitative estimate of drug-likeness (QED) is 0.119. The van der Waals surface area contributed by atoms with Gasteiger partial charge in [-0.2, -0.15) is 0 Å². The molecule has 1 heteroatoms. The molecule has 2 saturated carbocycles. The standard InChI is InChI=1S/C80H21.C5H5.Fe/c1-4-10-18(11-5-1)16-78-69-59-49-43-29-27-22-21-23-25-26-24(21)32-34-28(22)30(29)44-46-45(43)57(59)66-68-58(46)60-50(44)48(34)52-38(32)42-36(26)41-40-35(25)39-37-31(23)33(27)47(49)51(37)61(69)63-53(39)54(40)64-65-55(41)56(42)67-62(52)70(60)80(20-14-8-3-9-15-20)75(67)73(65)79(72(64)71(63)78,77(74(66)78)76(68)80)17-19-12-6-2-7-13-19;1-2-4-5-3-1;/h1-15,57-58H,16-17H2;1-5H;/q;;+2/t57-,58+,78-,79+,80-;;/m1../s1. The molecule has 0 amide bonds. The van der Waals surface area contributed by atoms with E-state index in [-0.39, 0.29) is 39.7 Å². The molecule has 5 atom stereocenters. The average Bonchev–Trinajstić information content (AvgIpc) is 1.38. The van der Waals surface area contributed by atoms with Crippen molar-refractivity contribution >= 4 is 215 Å². The number of rotatable bonds is 5. The molecule has 0 heterocycles. The minimum Gasteiger partial charge on any atom is -0.0622 e. The van der Waals surface area contributed by atoms with Crippen molar-refractivity contribution in [2.24, 2.45) is 0 Å². The van der Waals surface area contributed by atoms with Gasteiger partial charge in [-0.1, -0.05) is 91.0 Å². The fourth-order valence-electron chi connectivity index (χ4n) is 28.3. The Morgan fingerprint density at radius 3 is 0.919 bits per heavy atom. The first-order chi connectivity index (χ1) is 42.4. The SMILES string of the molecule is [CH]1[CH][CH][CH][CH]1.[Fe+2].c1ccc(C[C@]23[C]4[C]5[C]6[C]7[C]4[C@]4(c8ccccc8)c8c9c%10c%11c(c%12c%13c%14c(c%15c%16c%17c(c2c2c%18c3c4c3c8c4c%10c8c%10c%11c%13c%11c%13c%14c%16c%14c%16c%17c2c2c%17c%18c3c3c4c8c4c(c%11%10)c(c%13%14)c(c%162)c4c%173)[C@]5%15Cc2ccccc2)[C@H]6%12)[C@H]79)cc1. The first-order valence-corrected chi connectivity index (χ1v) is 31.8. The first-order valence-electron chi connectivity index (χ1n) is 31.8. The van der Waals surface area contributed by atoms with Crippen molar-refractivity contribution in [1.29, 1.82) is 0 Å². The fourth-order valence-corrected chi connectivity index (χ4v) is 28.3. The normalized spacial score (nSPS) is 26.5. The molecule has 36 rings (SSSR count). The Hall–Kier alpha value is -8.32. The molecule has 12 aliphatic carbocycles. The van der Waals surface area contributed by atoms with Gasteiger partial charge in [0.25, 0.3) is 0 Å². The molecule has 24 aromatic rings. The van der Waals surface area contributed by atoms with Crippen LogP contribution in [0.15, 0.2) is 91.0 Å². The Morgan fingerprint density at radius 1 is 0.233 bits per heavy atom. The zero-order chi connectivity index (χ0) is 51.7. The van der Waals surface area contributed by atoms with Crippen molar-refractivity contribution in [2.75, 3.05) is 0 Å². The van der Waals surface area contributed by atoms with Gasteiger partial charge in [-0.05, 0) is 333 Å². The van der Waals surface area contributed by atoms with Crippen LogP contribution in [0.25, 0.3) is 215 Å². The van der Waals surface area contributed by atoms with Crippen molar-refractivity contribution in [3.63, 3.8) is 0 Å². The van der Waals surface area contributed by atoms with E-state index < -0.39 is 5.41 Å². The first kappa shape index (κ1) is 38.0. The van der Waals surface area contributed by atoms with Gasteiger partial charge in [0.1, 0.15) is 0 Å². The van der Waals surface area contributed by atoms with Gasteiger partial charge in [0.2, 0.25) is 0 Å². The summed E-state index contributed by atoms with van der Waals surface area (Å²) in [6.07, 6.45) is 12.0. The molecule has 86 heavy (non-hydrogen) atoms. The van der Waals surface area contributed by atoms with Crippen LogP contribution in [0.5, 0.6) is 0 Å². The largest absolute Gasteiger partial charge is 2.00 e. The molecule has 372 valence electrons.